The summed E-state index contributed by atoms with van der Waals surface area (Å²) in [5.74, 6) is -0.609. The van der Waals surface area contributed by atoms with E-state index in [0.717, 1.165) is 51.4 Å². The van der Waals surface area contributed by atoms with Crippen LogP contribution in [0.25, 0.3) is 0 Å². The Hall–Kier alpha value is -4.15. The summed E-state index contributed by atoms with van der Waals surface area (Å²) in [6.07, 6.45) is 47.3. The largest absolute Gasteiger partial charge is 0.379 e. The Kier molecular flexibility index (Phi) is 86.0. The molecule has 0 spiro atoms. The number of hydrogen-bond donors (Lipinski definition) is 7. The number of rotatable bonds is 91. The molecule has 0 aromatic heterocycles. The molecule has 0 rings (SSSR count). The molecule has 0 unspecified atom stereocenters. The van der Waals surface area contributed by atoms with Crippen LogP contribution in [-0.4, -0.2) is 232 Å². The van der Waals surface area contributed by atoms with E-state index in [1.165, 1.54) is 167 Å². The lowest BCUT2D eigenvalue weighted by molar-refractivity contribution is -0.129. The predicted octanol–water partition coefficient (Wildman–Crippen LogP) is 13.0. The standard InChI is InChI=1S/C84H163N7O18/c1-4-7-10-13-16-19-22-25-28-31-34-44-78(92)85-49-38-37-43-77(91-82(96)46-36-33-30-27-24-21-18-15-12-9-6-3)84(98)89-53-42-57-102-63-69-106-67-61-100-55-40-51-87-81(95)48-59-104-65-71-108-73-75-109-74-72-107-70-64-103-58-47-80(94)86-50-39-54-99-60-66-105-68-62-101-56-41-52-88-83(97)76-90-79(93)45-35-32-29-26-23-20-17-14-11-8-5-2/h77H,4-76H2,1-3H3,(H,85,92)(H,86,94)(H,87,95)(H,88,97)(H,89,98)(H,90,93)(H,91,96)/t77-/m1/s1. The van der Waals surface area contributed by atoms with Gasteiger partial charge in [0, 0.05) is 91.3 Å². The van der Waals surface area contributed by atoms with Crippen molar-refractivity contribution in [1.29, 1.82) is 0 Å². The van der Waals surface area contributed by atoms with E-state index >= 15 is 0 Å². The first-order valence-corrected chi connectivity index (χ1v) is 43.9. The van der Waals surface area contributed by atoms with Crippen molar-refractivity contribution in [2.75, 3.05) is 185 Å². The van der Waals surface area contributed by atoms with Gasteiger partial charge in [-0.1, -0.05) is 213 Å². The van der Waals surface area contributed by atoms with Gasteiger partial charge in [0.05, 0.1) is 125 Å². The Balaban J connectivity index is 3.72. The Morgan fingerprint density at radius 1 is 0.202 bits per heavy atom. The fourth-order valence-electron chi connectivity index (χ4n) is 11.8. The number of ether oxygens (including phenoxy) is 11. The molecule has 0 aliphatic carbocycles. The van der Waals surface area contributed by atoms with Crippen LogP contribution in [0.4, 0.5) is 0 Å². The van der Waals surface area contributed by atoms with Crippen LogP contribution in [-0.2, 0) is 85.7 Å². The highest BCUT2D eigenvalue weighted by Crippen LogP contribution is 2.16. The Bertz CT molecular complexity index is 2010. The van der Waals surface area contributed by atoms with Crippen molar-refractivity contribution < 1.29 is 85.7 Å². The molecule has 109 heavy (non-hydrogen) atoms. The van der Waals surface area contributed by atoms with Gasteiger partial charge in [0.25, 0.3) is 0 Å². The number of hydrogen-bond acceptors (Lipinski definition) is 18. The summed E-state index contributed by atoms with van der Waals surface area (Å²) in [4.78, 5) is 87.3. The Labute approximate surface area is 661 Å². The molecule has 0 aliphatic rings. The van der Waals surface area contributed by atoms with E-state index in [9.17, 15) is 33.6 Å². The molecule has 0 saturated heterocycles. The van der Waals surface area contributed by atoms with Crippen LogP contribution >= 0.6 is 0 Å². The van der Waals surface area contributed by atoms with Crippen LogP contribution in [0.5, 0.6) is 0 Å². The fraction of sp³-hybridized carbons (Fsp3) is 0.917. The van der Waals surface area contributed by atoms with Gasteiger partial charge < -0.3 is 89.3 Å². The fourth-order valence-corrected chi connectivity index (χ4v) is 11.8. The van der Waals surface area contributed by atoms with Crippen LogP contribution in [0.1, 0.15) is 310 Å². The maximum Gasteiger partial charge on any atom is 0.242 e. The monoisotopic (exact) mass is 1560 g/mol. The molecule has 25 nitrogen and oxygen atoms in total. The topological polar surface area (TPSA) is 305 Å². The van der Waals surface area contributed by atoms with Gasteiger partial charge in [-0.3, -0.25) is 33.6 Å². The first-order chi connectivity index (χ1) is 53.6. The van der Waals surface area contributed by atoms with Gasteiger partial charge in [-0.2, -0.15) is 0 Å². The molecule has 642 valence electrons. The Morgan fingerprint density at radius 3 is 0.743 bits per heavy atom. The summed E-state index contributed by atoms with van der Waals surface area (Å²) < 4.78 is 61.3. The van der Waals surface area contributed by atoms with Crippen molar-refractivity contribution in [1.82, 2.24) is 37.2 Å². The van der Waals surface area contributed by atoms with E-state index in [4.69, 9.17) is 52.1 Å². The summed E-state index contributed by atoms with van der Waals surface area (Å²) in [7, 11) is 0. The van der Waals surface area contributed by atoms with Gasteiger partial charge >= 0.3 is 0 Å². The minimum absolute atomic E-state index is 0.000640. The second kappa shape index (κ2) is 89.4. The Morgan fingerprint density at radius 2 is 0.431 bits per heavy atom. The minimum Gasteiger partial charge on any atom is -0.379 e. The molecule has 0 heterocycles. The van der Waals surface area contributed by atoms with Crippen LogP contribution in [0.2, 0.25) is 0 Å². The third kappa shape index (κ3) is 86.1. The lowest BCUT2D eigenvalue weighted by Crippen LogP contribution is -2.47. The number of nitrogens with one attached hydrogen (secondary N) is 7. The van der Waals surface area contributed by atoms with Crippen molar-refractivity contribution in [3.05, 3.63) is 0 Å². The smallest absolute Gasteiger partial charge is 0.242 e. The molecule has 7 amide bonds. The summed E-state index contributed by atoms with van der Waals surface area (Å²) in [5.41, 5.74) is 0. The van der Waals surface area contributed by atoms with Gasteiger partial charge in [0.15, 0.2) is 0 Å². The zero-order valence-corrected chi connectivity index (χ0v) is 69.5. The molecule has 0 aliphatic heterocycles. The van der Waals surface area contributed by atoms with Gasteiger partial charge in [-0.05, 0) is 64.2 Å². The van der Waals surface area contributed by atoms with Gasteiger partial charge in [0.2, 0.25) is 41.4 Å². The van der Waals surface area contributed by atoms with Crippen molar-refractivity contribution in [3.8, 4) is 0 Å². The normalized spacial score (nSPS) is 11.6. The van der Waals surface area contributed by atoms with Crippen molar-refractivity contribution in [2.45, 2.75) is 316 Å². The van der Waals surface area contributed by atoms with Crippen LogP contribution in [0.15, 0.2) is 0 Å². The highest BCUT2D eigenvalue weighted by Gasteiger charge is 2.20. The lowest BCUT2D eigenvalue weighted by Gasteiger charge is -2.19. The maximum atomic E-state index is 13.3. The number of carbonyl (C=O) groups is 7. The second-order valence-corrected chi connectivity index (χ2v) is 28.6. The average Bonchev–Trinajstić information content (AvgIpc) is 0.922. The summed E-state index contributed by atoms with van der Waals surface area (Å²) >= 11 is 0. The molecule has 7 N–H and O–H groups in total. The van der Waals surface area contributed by atoms with E-state index in [0.29, 0.717) is 236 Å². The molecule has 25 heteroatoms. The minimum atomic E-state index is -0.617. The summed E-state index contributed by atoms with van der Waals surface area (Å²) in [5, 5.41) is 20.3. The van der Waals surface area contributed by atoms with E-state index in [2.05, 4.69) is 58.0 Å². The van der Waals surface area contributed by atoms with Crippen LogP contribution in [0, 0.1) is 0 Å². The molecule has 0 saturated carbocycles. The average molecular weight is 1560 g/mol. The molecule has 0 radical (unpaired) electrons. The maximum absolute atomic E-state index is 13.3. The second-order valence-electron chi connectivity index (χ2n) is 28.6. The van der Waals surface area contributed by atoms with Crippen LogP contribution < -0.4 is 37.2 Å². The third-order valence-electron chi connectivity index (χ3n) is 18.4. The molecular weight excluding hydrogens is 1390 g/mol. The lowest BCUT2D eigenvalue weighted by atomic mass is 10.0. The molecule has 0 aromatic carbocycles. The zero-order chi connectivity index (χ0) is 79.0. The van der Waals surface area contributed by atoms with Crippen molar-refractivity contribution in [2.24, 2.45) is 0 Å². The predicted molar refractivity (Wildman–Crippen MR) is 434 cm³/mol. The van der Waals surface area contributed by atoms with Gasteiger partial charge in [-0.25, -0.2) is 0 Å². The quantitative estimate of drug-likeness (QED) is 0.0278. The molecule has 0 aromatic rings. The number of amides is 7. The van der Waals surface area contributed by atoms with E-state index in [1.807, 2.05) is 0 Å². The number of unbranched alkanes of at least 4 members (excludes halogenated alkanes) is 31. The SMILES string of the molecule is CCCCCCCCCCCCCC(=O)NCCCC[C@@H](NC(=O)CCCCCCCCCCCCC)C(=O)NCCCOCCOCCOCCCNC(=O)CCOCCOCCOCCOCCOCCC(=O)NCCCOCCOCCOCCCNC(=O)CNC(=O)CCCCCCCCCCCCC. The highest BCUT2D eigenvalue weighted by atomic mass is 16.6. The van der Waals surface area contributed by atoms with E-state index < -0.39 is 6.04 Å². The molecular formula is C84H163N7O18. The van der Waals surface area contributed by atoms with Crippen molar-refractivity contribution in [3.63, 3.8) is 0 Å². The molecule has 1 atom stereocenters. The summed E-state index contributed by atoms with van der Waals surface area (Å²) in [6.45, 7) is 18.5. The first-order valence-electron chi connectivity index (χ1n) is 43.9. The number of carbonyl (C=O) groups excluding carboxylic acids is 7. The van der Waals surface area contributed by atoms with Crippen molar-refractivity contribution >= 4 is 41.4 Å². The highest BCUT2D eigenvalue weighted by molar-refractivity contribution is 5.87. The van der Waals surface area contributed by atoms with E-state index in [1.54, 1.807) is 0 Å². The molecule has 0 fully saturated rings. The summed E-state index contributed by atoms with van der Waals surface area (Å²) in [6, 6.07) is -0.617. The van der Waals surface area contributed by atoms with Gasteiger partial charge in [0.1, 0.15) is 6.04 Å². The first kappa shape index (κ1) is 105. The zero-order valence-electron chi connectivity index (χ0n) is 69.5. The van der Waals surface area contributed by atoms with Gasteiger partial charge in [-0.15, -0.1) is 0 Å². The molecule has 0 bridgehead atoms. The third-order valence-corrected chi connectivity index (χ3v) is 18.4. The van der Waals surface area contributed by atoms with E-state index in [-0.39, 0.29) is 60.7 Å². The van der Waals surface area contributed by atoms with Crippen LogP contribution in [0.3, 0.4) is 0 Å².